The molecule has 0 aliphatic heterocycles. The molecule has 0 unspecified atom stereocenters. The Bertz CT molecular complexity index is 529. The number of hydrogen-bond acceptors (Lipinski definition) is 2. The lowest BCUT2D eigenvalue weighted by Gasteiger charge is -2.26. The van der Waals surface area contributed by atoms with E-state index in [9.17, 15) is 9.18 Å². The van der Waals surface area contributed by atoms with Crippen LogP contribution in [0.2, 0.25) is 0 Å². The van der Waals surface area contributed by atoms with Crippen LogP contribution in [0.1, 0.15) is 29.8 Å². The van der Waals surface area contributed by atoms with E-state index in [-0.39, 0.29) is 11.7 Å². The molecule has 2 aromatic rings. The van der Waals surface area contributed by atoms with Crippen molar-refractivity contribution in [1.82, 2.24) is 5.32 Å². The van der Waals surface area contributed by atoms with Crippen molar-refractivity contribution in [2.45, 2.75) is 19.4 Å². The Morgan fingerprint density at radius 1 is 1.22 bits per heavy atom. The largest absolute Gasteiger partial charge is 0.472 e. The lowest BCUT2D eigenvalue weighted by Crippen LogP contribution is -2.40. The van der Waals surface area contributed by atoms with Crippen molar-refractivity contribution in [3.8, 4) is 0 Å². The highest BCUT2D eigenvalue weighted by molar-refractivity contribution is 5.94. The van der Waals surface area contributed by atoms with E-state index in [0.29, 0.717) is 5.56 Å². The van der Waals surface area contributed by atoms with Crippen molar-refractivity contribution >= 4 is 5.91 Å². The predicted octanol–water partition coefficient (Wildman–Crippen LogP) is 3.08. The van der Waals surface area contributed by atoms with E-state index < -0.39 is 5.54 Å². The number of rotatable bonds is 3. The fourth-order valence-electron chi connectivity index (χ4n) is 1.69. The molecule has 94 valence electrons. The molecule has 0 spiro atoms. The summed E-state index contributed by atoms with van der Waals surface area (Å²) < 4.78 is 17.7. The Hall–Kier alpha value is -2.10. The quantitative estimate of drug-likeness (QED) is 0.905. The highest BCUT2D eigenvalue weighted by Gasteiger charge is 2.23. The van der Waals surface area contributed by atoms with Gasteiger partial charge in [-0.25, -0.2) is 4.39 Å². The topological polar surface area (TPSA) is 42.2 Å². The second-order valence-electron chi connectivity index (χ2n) is 4.60. The van der Waals surface area contributed by atoms with Crippen molar-refractivity contribution in [2.75, 3.05) is 0 Å². The van der Waals surface area contributed by atoms with Crippen molar-refractivity contribution in [3.63, 3.8) is 0 Å². The van der Waals surface area contributed by atoms with Crippen LogP contribution in [0.15, 0.2) is 47.3 Å². The predicted molar refractivity (Wildman–Crippen MR) is 65.6 cm³/mol. The van der Waals surface area contributed by atoms with Crippen LogP contribution < -0.4 is 5.32 Å². The summed E-state index contributed by atoms with van der Waals surface area (Å²) in [7, 11) is 0. The molecule has 1 N–H and O–H groups in total. The lowest BCUT2D eigenvalue weighted by atomic mass is 9.94. The van der Waals surface area contributed by atoms with Gasteiger partial charge in [-0.15, -0.1) is 0 Å². The van der Waals surface area contributed by atoms with Crippen LogP contribution in [0.5, 0.6) is 0 Å². The number of carbonyl (C=O) groups excluding carboxylic acids is 1. The Labute approximate surface area is 105 Å². The molecule has 2 rings (SSSR count). The molecule has 1 heterocycles. The Kier molecular flexibility index (Phi) is 3.19. The van der Waals surface area contributed by atoms with Gasteiger partial charge in [0.15, 0.2) is 0 Å². The molecule has 0 bridgehead atoms. The third-order valence-electron chi connectivity index (χ3n) is 2.78. The van der Waals surface area contributed by atoms with Gasteiger partial charge in [-0.3, -0.25) is 4.79 Å². The van der Waals surface area contributed by atoms with Crippen LogP contribution in [-0.2, 0) is 5.54 Å². The van der Waals surface area contributed by atoms with Gasteiger partial charge in [-0.2, -0.15) is 0 Å². The normalized spacial score (nSPS) is 11.3. The number of halogens is 1. The van der Waals surface area contributed by atoms with Gasteiger partial charge in [0.1, 0.15) is 12.1 Å². The molecule has 4 heteroatoms. The SMILES string of the molecule is CC(C)(NC(=O)c1ccoc1)c1ccc(F)cc1. The zero-order valence-electron chi connectivity index (χ0n) is 10.2. The number of nitrogens with one attached hydrogen (secondary N) is 1. The molecule has 0 aliphatic rings. The van der Waals surface area contributed by atoms with Crippen molar-refractivity contribution in [3.05, 3.63) is 59.8 Å². The zero-order chi connectivity index (χ0) is 13.2. The molecule has 0 saturated heterocycles. The molecule has 0 atom stereocenters. The molecule has 3 nitrogen and oxygen atoms in total. The standard InChI is InChI=1S/C14H14FNO2/c1-14(2,11-3-5-12(15)6-4-11)16-13(17)10-7-8-18-9-10/h3-9H,1-2H3,(H,16,17). The van der Waals surface area contributed by atoms with Crippen molar-refractivity contribution < 1.29 is 13.6 Å². The Morgan fingerprint density at radius 2 is 1.89 bits per heavy atom. The Morgan fingerprint density at radius 3 is 2.44 bits per heavy atom. The van der Waals surface area contributed by atoms with Crippen LogP contribution in [0.3, 0.4) is 0 Å². The second-order valence-corrected chi connectivity index (χ2v) is 4.60. The molecule has 1 amide bonds. The summed E-state index contributed by atoms with van der Waals surface area (Å²) in [4.78, 5) is 11.9. The molecule has 18 heavy (non-hydrogen) atoms. The lowest BCUT2D eigenvalue weighted by molar-refractivity contribution is 0.0911. The molecule has 1 aromatic heterocycles. The van der Waals surface area contributed by atoms with Crippen LogP contribution in [0, 0.1) is 5.82 Å². The number of furan rings is 1. The first kappa shape index (κ1) is 12.4. The number of hydrogen-bond donors (Lipinski definition) is 1. The van der Waals surface area contributed by atoms with Crippen molar-refractivity contribution in [1.29, 1.82) is 0 Å². The summed E-state index contributed by atoms with van der Waals surface area (Å²) >= 11 is 0. The summed E-state index contributed by atoms with van der Waals surface area (Å²) in [6, 6.07) is 7.66. The smallest absolute Gasteiger partial charge is 0.255 e. The number of amides is 1. The van der Waals surface area contributed by atoms with Crippen LogP contribution in [-0.4, -0.2) is 5.91 Å². The van der Waals surface area contributed by atoms with Gasteiger partial charge in [0, 0.05) is 0 Å². The van der Waals surface area contributed by atoms with E-state index in [1.54, 1.807) is 18.2 Å². The molecule has 1 aromatic carbocycles. The summed E-state index contributed by atoms with van der Waals surface area (Å²) in [6.45, 7) is 3.72. The molecular weight excluding hydrogens is 233 g/mol. The molecule has 0 radical (unpaired) electrons. The molecule has 0 saturated carbocycles. The highest BCUT2D eigenvalue weighted by Crippen LogP contribution is 2.20. The van der Waals surface area contributed by atoms with E-state index in [1.165, 1.54) is 24.7 Å². The molecule has 0 fully saturated rings. The van der Waals surface area contributed by atoms with Crippen molar-refractivity contribution in [2.24, 2.45) is 0 Å². The fourth-order valence-corrected chi connectivity index (χ4v) is 1.69. The number of benzene rings is 1. The first-order valence-corrected chi connectivity index (χ1v) is 5.60. The summed E-state index contributed by atoms with van der Waals surface area (Å²) in [5, 5.41) is 2.87. The summed E-state index contributed by atoms with van der Waals surface area (Å²) in [5.41, 5.74) is 0.716. The van der Waals surface area contributed by atoms with E-state index in [2.05, 4.69) is 5.32 Å². The Balaban J connectivity index is 2.16. The van der Waals surface area contributed by atoms with Crippen LogP contribution >= 0.6 is 0 Å². The van der Waals surface area contributed by atoms with Gasteiger partial charge in [-0.1, -0.05) is 12.1 Å². The second kappa shape index (κ2) is 4.64. The first-order chi connectivity index (χ1) is 8.49. The average molecular weight is 247 g/mol. The third kappa shape index (κ3) is 2.59. The summed E-state index contributed by atoms with van der Waals surface area (Å²) in [5.74, 6) is -0.520. The van der Waals surface area contributed by atoms with Gasteiger partial charge in [0.05, 0.1) is 17.4 Å². The molecule has 0 aliphatic carbocycles. The number of carbonyl (C=O) groups is 1. The average Bonchev–Trinajstić information content (AvgIpc) is 2.82. The summed E-state index contributed by atoms with van der Waals surface area (Å²) in [6.07, 6.45) is 2.83. The first-order valence-electron chi connectivity index (χ1n) is 5.60. The minimum absolute atomic E-state index is 0.224. The highest BCUT2D eigenvalue weighted by atomic mass is 19.1. The fraction of sp³-hybridized carbons (Fsp3) is 0.214. The van der Waals surface area contributed by atoms with E-state index in [0.717, 1.165) is 5.56 Å². The van der Waals surface area contributed by atoms with Gasteiger partial charge >= 0.3 is 0 Å². The maximum Gasteiger partial charge on any atom is 0.255 e. The van der Waals surface area contributed by atoms with Gasteiger partial charge in [0.2, 0.25) is 0 Å². The van der Waals surface area contributed by atoms with Gasteiger partial charge in [-0.05, 0) is 37.6 Å². The van der Waals surface area contributed by atoms with Gasteiger partial charge in [0.25, 0.3) is 5.91 Å². The van der Waals surface area contributed by atoms with Crippen LogP contribution in [0.25, 0.3) is 0 Å². The maximum atomic E-state index is 12.9. The minimum Gasteiger partial charge on any atom is -0.472 e. The van der Waals surface area contributed by atoms with Gasteiger partial charge < -0.3 is 9.73 Å². The monoisotopic (exact) mass is 247 g/mol. The van der Waals surface area contributed by atoms with E-state index in [4.69, 9.17) is 4.42 Å². The van der Waals surface area contributed by atoms with Crippen LogP contribution in [0.4, 0.5) is 4.39 Å². The van der Waals surface area contributed by atoms with E-state index in [1.807, 2.05) is 13.8 Å². The minimum atomic E-state index is -0.581. The third-order valence-corrected chi connectivity index (χ3v) is 2.78. The maximum absolute atomic E-state index is 12.9. The molecular formula is C14H14FNO2. The zero-order valence-corrected chi connectivity index (χ0v) is 10.2. The van der Waals surface area contributed by atoms with E-state index >= 15 is 0 Å².